The molecule has 0 saturated heterocycles. The van der Waals surface area contributed by atoms with Crippen LogP contribution >= 0.6 is 0 Å². The third-order valence-corrected chi connectivity index (χ3v) is 7.21. The van der Waals surface area contributed by atoms with Gasteiger partial charge in [0.1, 0.15) is 0 Å². The normalized spacial score (nSPS) is 25.9. The van der Waals surface area contributed by atoms with Crippen molar-refractivity contribution in [3.63, 3.8) is 0 Å². The molecular formula is C12H22AsNO8S. The van der Waals surface area contributed by atoms with E-state index < -0.39 is 34.5 Å². The van der Waals surface area contributed by atoms with Gasteiger partial charge in [-0.1, -0.05) is 6.92 Å². The van der Waals surface area contributed by atoms with E-state index >= 15 is 0 Å². The summed E-state index contributed by atoms with van der Waals surface area (Å²) in [5.74, 6) is -0.464. The van der Waals surface area contributed by atoms with E-state index in [1.165, 1.54) is 13.0 Å². The largest absolute Gasteiger partial charge is 0.286 e. The van der Waals surface area contributed by atoms with Crippen LogP contribution in [-0.4, -0.2) is 53.7 Å². The Morgan fingerprint density at radius 2 is 2.00 bits per heavy atom. The van der Waals surface area contributed by atoms with Crippen molar-refractivity contribution < 1.29 is 34.7 Å². The Morgan fingerprint density at radius 1 is 1.43 bits per heavy atom. The molecule has 134 valence electrons. The zero-order chi connectivity index (χ0) is 18.3. The molecule has 1 rings (SSSR count). The predicted molar refractivity (Wildman–Crippen MR) is 83.3 cm³/mol. The smallest absolute Gasteiger partial charge is 0.264 e. The first kappa shape index (κ1) is 22.1. The van der Waals surface area contributed by atoms with Gasteiger partial charge in [-0.15, -0.1) is 0 Å². The molecule has 3 unspecified atom stereocenters. The number of hydrogen-bond acceptors (Lipinski definition) is 6. The van der Waals surface area contributed by atoms with E-state index in [1.807, 2.05) is 0 Å². The van der Waals surface area contributed by atoms with Gasteiger partial charge >= 0.3 is 95.6 Å². The number of hydrogen-bond donors (Lipinski definition) is 4. The number of rotatable bonds is 5. The van der Waals surface area contributed by atoms with Crippen LogP contribution in [0.15, 0.2) is 24.3 Å². The van der Waals surface area contributed by atoms with Crippen LogP contribution in [0.4, 0.5) is 0 Å². The Kier molecular flexibility index (Phi) is 8.47. The van der Waals surface area contributed by atoms with Crippen LogP contribution in [-0.2, 0) is 22.5 Å². The number of allylic oxidation sites excluding steroid dienone is 2. The predicted octanol–water partition coefficient (Wildman–Crippen LogP) is 0.513. The van der Waals surface area contributed by atoms with Gasteiger partial charge in [-0.3, -0.25) is 4.55 Å². The molecule has 9 nitrogen and oxygen atoms in total. The number of carbonyl (C=O) groups is 1. The van der Waals surface area contributed by atoms with Gasteiger partial charge in [0.05, 0.1) is 5.75 Å². The molecule has 3 atom stereocenters. The number of carbonyl (C=O) groups excluding carboxylic acids is 1. The fraction of sp³-hybridized carbons (Fsp3) is 0.583. The molecule has 0 aliphatic heterocycles. The van der Waals surface area contributed by atoms with E-state index in [1.54, 1.807) is 32.1 Å². The zero-order valence-corrected chi connectivity index (χ0v) is 15.7. The molecule has 1 aliphatic carbocycles. The molecule has 11 heteroatoms. The van der Waals surface area contributed by atoms with Crippen molar-refractivity contribution in [2.45, 2.75) is 37.4 Å². The summed E-state index contributed by atoms with van der Waals surface area (Å²) in [6.07, 6.45) is 6.71. The molecule has 23 heavy (non-hydrogen) atoms. The van der Waals surface area contributed by atoms with E-state index in [2.05, 4.69) is 9.19 Å². The molecule has 0 aromatic carbocycles. The van der Waals surface area contributed by atoms with Gasteiger partial charge in [-0.05, 0) is 6.42 Å². The third-order valence-electron chi connectivity index (χ3n) is 2.84. The van der Waals surface area contributed by atoms with Gasteiger partial charge < -0.3 is 0 Å². The molecule has 0 aromatic heterocycles. The molecule has 0 aromatic rings. The summed E-state index contributed by atoms with van der Waals surface area (Å²) in [6, 6.07) is 0. The van der Waals surface area contributed by atoms with Crippen molar-refractivity contribution in [3.8, 4) is 0 Å². The van der Waals surface area contributed by atoms with Gasteiger partial charge in [0.25, 0.3) is 10.1 Å². The minimum atomic E-state index is -4.88. The molecule has 0 spiro atoms. The number of nitrogens with one attached hydrogen (secondary N) is 1. The first-order valence-electron chi connectivity index (χ1n) is 6.63. The zero-order valence-electron chi connectivity index (χ0n) is 13.0. The average Bonchev–Trinajstić information content (AvgIpc) is 2.36. The fourth-order valence-corrected chi connectivity index (χ4v) is 5.11. The van der Waals surface area contributed by atoms with Gasteiger partial charge in [-0.25, -0.2) is 0 Å². The Hall–Kier alpha value is -0.902. The Morgan fingerprint density at radius 3 is 2.35 bits per heavy atom. The first-order valence-corrected chi connectivity index (χ1v) is 11.7. The summed E-state index contributed by atoms with van der Waals surface area (Å²) in [4.78, 5) is 11.0. The summed E-state index contributed by atoms with van der Waals surface area (Å²) >= 11 is -4.88. The van der Waals surface area contributed by atoms with Crippen LogP contribution < -0.4 is 5.32 Å². The molecule has 0 radical (unpaired) electrons. The Labute approximate surface area is 138 Å². The van der Waals surface area contributed by atoms with Crippen molar-refractivity contribution in [1.82, 2.24) is 5.32 Å². The van der Waals surface area contributed by atoms with Crippen molar-refractivity contribution in [2.24, 2.45) is 0 Å². The molecular weight excluding hydrogens is 393 g/mol. The summed E-state index contributed by atoms with van der Waals surface area (Å²) in [7, 11) is -3.67. The van der Waals surface area contributed by atoms with Gasteiger partial charge in [0.15, 0.2) is 0 Å². The van der Waals surface area contributed by atoms with Crippen LogP contribution in [0.25, 0.3) is 0 Å². The number of amides is 1. The minimum absolute atomic E-state index is 0.132. The third kappa shape index (κ3) is 7.96. The van der Waals surface area contributed by atoms with Crippen LogP contribution in [0.3, 0.4) is 0 Å². The monoisotopic (exact) mass is 415 g/mol. The molecule has 0 saturated carbocycles. The van der Waals surface area contributed by atoms with Crippen LogP contribution in [0, 0.1) is 0 Å². The van der Waals surface area contributed by atoms with Crippen LogP contribution in [0.2, 0.25) is 4.71 Å². The maximum absolute atomic E-state index is 11.6. The Balaban J connectivity index is 0.000000585. The Bertz CT molecular complexity index is 615. The van der Waals surface area contributed by atoms with E-state index in [4.69, 9.17) is 9.81 Å². The van der Waals surface area contributed by atoms with Gasteiger partial charge in [0.2, 0.25) is 0 Å². The van der Waals surface area contributed by atoms with Crippen molar-refractivity contribution in [3.05, 3.63) is 24.3 Å². The van der Waals surface area contributed by atoms with Gasteiger partial charge in [0, 0.05) is 0 Å². The second kappa shape index (κ2) is 8.81. The maximum atomic E-state index is 11.6. The first-order chi connectivity index (χ1) is 10.4. The minimum Gasteiger partial charge on any atom is -0.286 e. The fourth-order valence-electron chi connectivity index (χ4n) is 1.97. The standard InChI is InChI=1S/C9H14AsNO5.C3H8O3S/c1-7(12)11-9(2)6-4-3-5-8(9)10(13,14)16-15;1-2-3-7(4,5)6/h3-6,8,15H,1-2H3,(H,11,12)(H,13,14);2-3H2,1H3,(H,4,5,6). The molecule has 0 bridgehead atoms. The summed E-state index contributed by atoms with van der Waals surface area (Å²) in [6.45, 7) is 4.58. The molecule has 0 fully saturated rings. The van der Waals surface area contributed by atoms with E-state index in [-0.39, 0.29) is 11.7 Å². The SMILES string of the molecule is CC(=O)NC1(C)C=CC=CC1[As](=O)(O)OO.CCCS(=O)(=O)O. The quantitative estimate of drug-likeness (QED) is 0.220. The van der Waals surface area contributed by atoms with Crippen LogP contribution in [0.5, 0.6) is 0 Å². The van der Waals surface area contributed by atoms with E-state index in [0.29, 0.717) is 6.42 Å². The van der Waals surface area contributed by atoms with Gasteiger partial charge in [-0.2, -0.15) is 8.42 Å². The molecule has 1 amide bonds. The molecule has 1 aliphatic rings. The second-order valence-corrected chi connectivity index (χ2v) is 10.5. The molecule has 4 N–H and O–H groups in total. The molecule has 0 heterocycles. The van der Waals surface area contributed by atoms with E-state index in [0.717, 1.165) is 0 Å². The van der Waals surface area contributed by atoms with Crippen molar-refractivity contribution >= 4 is 30.2 Å². The summed E-state index contributed by atoms with van der Waals surface area (Å²) in [5, 5.41) is 11.0. The van der Waals surface area contributed by atoms with E-state index in [9.17, 15) is 21.0 Å². The van der Waals surface area contributed by atoms with Crippen molar-refractivity contribution in [1.29, 1.82) is 0 Å². The van der Waals surface area contributed by atoms with Crippen LogP contribution in [0.1, 0.15) is 27.2 Å². The average molecular weight is 415 g/mol. The summed E-state index contributed by atoms with van der Waals surface area (Å²) in [5.41, 5.74) is -1.03. The second-order valence-electron chi connectivity index (χ2n) is 5.08. The maximum Gasteiger partial charge on any atom is 0.264 e. The van der Waals surface area contributed by atoms with Crippen molar-refractivity contribution in [2.75, 3.05) is 5.75 Å². The topological polar surface area (TPSA) is 150 Å². The summed E-state index contributed by atoms with van der Waals surface area (Å²) < 4.78 is 51.4.